The molecule has 39 heavy (non-hydrogen) atoms. The summed E-state index contributed by atoms with van der Waals surface area (Å²) >= 11 is 6.53. The average molecular weight is 652 g/mol. The van der Waals surface area contributed by atoms with Gasteiger partial charge in [0.2, 0.25) is 12.5 Å². The van der Waals surface area contributed by atoms with Gasteiger partial charge in [-0.3, -0.25) is 0 Å². The number of aryl methyl sites for hydroxylation is 4. The van der Waals surface area contributed by atoms with Crippen molar-refractivity contribution in [3.63, 3.8) is 0 Å². The van der Waals surface area contributed by atoms with E-state index in [9.17, 15) is 0 Å². The van der Waals surface area contributed by atoms with E-state index in [1.165, 1.54) is 33.3 Å². The molecule has 0 radical (unpaired) electrons. The number of benzene rings is 4. The van der Waals surface area contributed by atoms with E-state index >= 15 is 0 Å². The minimum Gasteiger partial charge on any atom is -1.00 e. The lowest BCUT2D eigenvalue weighted by atomic mass is 9.88. The summed E-state index contributed by atoms with van der Waals surface area (Å²) < 4.78 is 25.4. The van der Waals surface area contributed by atoms with Gasteiger partial charge in [-0.05, 0) is 59.7 Å². The van der Waals surface area contributed by atoms with E-state index in [0.717, 1.165) is 70.0 Å². The highest BCUT2D eigenvalue weighted by molar-refractivity contribution is 6.35. The van der Waals surface area contributed by atoms with Crippen LogP contribution in [0.1, 0.15) is 16.7 Å². The number of halogens is 2. The van der Waals surface area contributed by atoms with E-state index in [2.05, 4.69) is 53.2 Å². The van der Waals surface area contributed by atoms with E-state index in [-0.39, 0.29) is 30.8 Å². The number of aromatic nitrogens is 1. The molecule has 1 aromatic heterocycles. The zero-order chi connectivity index (χ0) is 25.8. The summed E-state index contributed by atoms with van der Waals surface area (Å²) in [5, 5.41) is 5.29. The molecule has 0 bridgehead atoms. The Kier molecular flexibility index (Phi) is 6.93. The van der Waals surface area contributed by atoms with Gasteiger partial charge in [0.05, 0.1) is 25.2 Å². The van der Waals surface area contributed by atoms with Crippen molar-refractivity contribution in [3.05, 3.63) is 88.6 Å². The summed E-state index contributed by atoms with van der Waals surface area (Å²) in [7, 11) is 3.39. The lowest BCUT2D eigenvalue weighted by molar-refractivity contribution is -0.686. The number of pyridine rings is 1. The average Bonchev–Trinajstić information content (AvgIpc) is 3.42. The molecule has 0 unspecified atom stereocenters. The van der Waals surface area contributed by atoms with E-state index < -0.39 is 0 Å². The lowest BCUT2D eigenvalue weighted by Crippen LogP contribution is -3.00. The standard InChI is InChI=1S/C32H27ClNO4.HI/c1-35-28-12-10-22-24(9-7-19-8-11-27(33)23-6-4-3-5-21(19)23)31-25-16-30-29(37-18-38-30)15-20(25)13-14-34(31)17-26(22)32(28)36-2;/h3-6,8,10-12,15-17H,7,9,13-14,18H2,1-2H3;1H/q+1;/p-1. The van der Waals surface area contributed by atoms with Crippen molar-refractivity contribution in [1.29, 1.82) is 0 Å². The molecule has 0 fully saturated rings. The summed E-state index contributed by atoms with van der Waals surface area (Å²) in [5.41, 5.74) is 6.27. The summed E-state index contributed by atoms with van der Waals surface area (Å²) in [4.78, 5) is 0. The van der Waals surface area contributed by atoms with Crippen LogP contribution < -0.4 is 47.5 Å². The number of nitrogens with zero attached hydrogens (tertiary/aromatic N) is 1. The maximum Gasteiger partial charge on any atom is 0.231 e. The van der Waals surface area contributed by atoms with Crippen LogP contribution in [0, 0.1) is 0 Å². The second-order valence-electron chi connectivity index (χ2n) is 9.78. The number of ether oxygens (including phenoxy) is 4. The first-order valence-corrected chi connectivity index (χ1v) is 13.2. The predicted molar refractivity (Wildman–Crippen MR) is 149 cm³/mol. The van der Waals surface area contributed by atoms with Gasteiger partial charge in [0.15, 0.2) is 35.7 Å². The van der Waals surface area contributed by atoms with Crippen LogP contribution in [-0.2, 0) is 25.8 Å². The summed E-state index contributed by atoms with van der Waals surface area (Å²) in [5.74, 6) is 3.13. The molecule has 0 spiro atoms. The fourth-order valence-corrected chi connectivity index (χ4v) is 6.29. The molecule has 0 amide bonds. The fourth-order valence-electron chi connectivity index (χ4n) is 6.06. The fraction of sp³-hybridized carbons (Fsp3) is 0.219. The van der Waals surface area contributed by atoms with Crippen molar-refractivity contribution < 1.29 is 47.5 Å². The van der Waals surface area contributed by atoms with Gasteiger partial charge in [-0.25, -0.2) is 0 Å². The summed E-state index contributed by atoms with van der Waals surface area (Å²) in [6.07, 6.45) is 4.85. The van der Waals surface area contributed by atoms with Crippen LogP contribution in [0.15, 0.2) is 66.9 Å². The molecule has 0 aliphatic carbocycles. The molecule has 198 valence electrons. The van der Waals surface area contributed by atoms with Crippen LogP contribution in [0.2, 0.25) is 5.02 Å². The van der Waals surface area contributed by atoms with E-state index in [4.69, 9.17) is 30.5 Å². The Balaban J connectivity index is 0.00000277. The zero-order valence-corrected chi connectivity index (χ0v) is 24.6. The molecule has 0 atom stereocenters. The minimum absolute atomic E-state index is 0. The minimum atomic E-state index is 0. The quantitative estimate of drug-likeness (QED) is 0.215. The second kappa shape index (κ2) is 10.4. The highest BCUT2D eigenvalue weighted by atomic mass is 127. The number of hydrogen-bond donors (Lipinski definition) is 0. The molecule has 5 nitrogen and oxygen atoms in total. The van der Waals surface area contributed by atoms with Gasteiger partial charge in [-0.1, -0.05) is 41.9 Å². The Morgan fingerprint density at radius 1 is 0.846 bits per heavy atom. The van der Waals surface area contributed by atoms with Crippen LogP contribution in [-0.4, -0.2) is 21.0 Å². The largest absolute Gasteiger partial charge is 1.00 e. The molecular formula is C32H27ClINO4. The summed E-state index contributed by atoms with van der Waals surface area (Å²) in [6, 6.07) is 21.0. The number of rotatable bonds is 5. The molecule has 0 N–H and O–H groups in total. The first-order valence-electron chi connectivity index (χ1n) is 12.9. The third-order valence-corrected chi connectivity index (χ3v) is 8.18. The molecule has 2 aliphatic rings. The third kappa shape index (κ3) is 4.25. The summed E-state index contributed by atoms with van der Waals surface area (Å²) in [6.45, 7) is 1.14. The van der Waals surface area contributed by atoms with Gasteiger partial charge in [0, 0.05) is 27.8 Å². The van der Waals surface area contributed by atoms with E-state index in [1.807, 2.05) is 18.2 Å². The lowest BCUT2D eigenvalue weighted by Gasteiger charge is -2.21. The first-order chi connectivity index (χ1) is 18.7. The third-order valence-electron chi connectivity index (χ3n) is 7.85. The van der Waals surface area contributed by atoms with Crippen molar-refractivity contribution in [2.45, 2.75) is 25.8 Å². The molecule has 3 heterocycles. The highest BCUT2D eigenvalue weighted by Crippen LogP contribution is 2.44. The molecule has 4 aromatic carbocycles. The zero-order valence-electron chi connectivity index (χ0n) is 21.7. The topological polar surface area (TPSA) is 40.8 Å². The van der Waals surface area contributed by atoms with Crippen molar-refractivity contribution in [2.24, 2.45) is 0 Å². The van der Waals surface area contributed by atoms with Crippen LogP contribution in [0.4, 0.5) is 0 Å². The Hall–Kier alpha value is -3.23. The normalized spacial score (nSPS) is 13.1. The van der Waals surface area contributed by atoms with Crippen molar-refractivity contribution in [2.75, 3.05) is 21.0 Å². The van der Waals surface area contributed by atoms with E-state index in [1.54, 1.807) is 14.2 Å². The van der Waals surface area contributed by atoms with Gasteiger partial charge < -0.3 is 42.9 Å². The predicted octanol–water partition coefficient (Wildman–Crippen LogP) is 3.69. The van der Waals surface area contributed by atoms with Crippen molar-refractivity contribution >= 4 is 33.1 Å². The SMILES string of the molecule is COc1ccc2c(CCc3ccc(Cl)c4ccccc34)c3[n+](cc2c1OC)CCc1cc2c(cc1-3)OCO2.[I-]. The molecule has 5 aromatic rings. The van der Waals surface area contributed by atoms with E-state index in [0.29, 0.717) is 0 Å². The maximum absolute atomic E-state index is 6.53. The monoisotopic (exact) mass is 651 g/mol. The first kappa shape index (κ1) is 26.0. The number of methoxy groups -OCH3 is 2. The van der Waals surface area contributed by atoms with Gasteiger partial charge in [-0.15, -0.1) is 0 Å². The van der Waals surface area contributed by atoms with Crippen LogP contribution >= 0.6 is 11.6 Å². The van der Waals surface area contributed by atoms with Gasteiger partial charge >= 0.3 is 0 Å². The molecule has 0 saturated carbocycles. The van der Waals surface area contributed by atoms with Crippen LogP contribution in [0.25, 0.3) is 32.8 Å². The number of fused-ring (bicyclic) bond motifs is 6. The van der Waals surface area contributed by atoms with Crippen molar-refractivity contribution in [3.8, 4) is 34.3 Å². The number of hydrogen-bond acceptors (Lipinski definition) is 4. The Bertz CT molecular complexity index is 1750. The maximum atomic E-state index is 6.53. The molecular weight excluding hydrogens is 625 g/mol. The second-order valence-corrected chi connectivity index (χ2v) is 10.2. The van der Waals surface area contributed by atoms with Crippen molar-refractivity contribution in [1.82, 2.24) is 0 Å². The van der Waals surface area contributed by atoms with Crippen LogP contribution in [0.5, 0.6) is 23.0 Å². The smallest absolute Gasteiger partial charge is 0.231 e. The van der Waals surface area contributed by atoms with Crippen LogP contribution in [0.3, 0.4) is 0 Å². The molecule has 7 rings (SSSR count). The Morgan fingerprint density at radius 2 is 1.64 bits per heavy atom. The van der Waals surface area contributed by atoms with Gasteiger partial charge in [-0.2, -0.15) is 4.57 Å². The van der Waals surface area contributed by atoms with Gasteiger partial charge in [0.25, 0.3) is 0 Å². The molecule has 7 heteroatoms. The molecule has 0 saturated heterocycles. The highest BCUT2D eigenvalue weighted by Gasteiger charge is 2.32. The molecule has 2 aliphatic heterocycles. The Morgan fingerprint density at radius 3 is 2.44 bits per heavy atom. The Labute approximate surface area is 249 Å². The van der Waals surface area contributed by atoms with Gasteiger partial charge in [0.1, 0.15) is 0 Å².